The highest BCUT2D eigenvalue weighted by molar-refractivity contribution is 7.99. The Morgan fingerprint density at radius 3 is 2.47 bits per heavy atom. The van der Waals surface area contributed by atoms with Crippen molar-refractivity contribution in [3.8, 4) is 0 Å². The second kappa shape index (κ2) is 9.61. The number of thioether (sulfide) groups is 1. The predicted molar refractivity (Wildman–Crippen MR) is 81.7 cm³/mol. The maximum absolute atomic E-state index is 12.1. The second-order valence-electron chi connectivity index (χ2n) is 5.23. The van der Waals surface area contributed by atoms with Gasteiger partial charge in [0.05, 0.1) is 13.2 Å². The highest BCUT2D eigenvalue weighted by Crippen LogP contribution is 2.23. The van der Waals surface area contributed by atoms with Gasteiger partial charge in [-0.25, -0.2) is 0 Å². The van der Waals surface area contributed by atoms with Gasteiger partial charge in [-0.15, -0.1) is 0 Å². The van der Waals surface area contributed by atoms with Gasteiger partial charge in [-0.3, -0.25) is 10.1 Å². The molecule has 0 radical (unpaired) electrons. The van der Waals surface area contributed by atoms with E-state index in [1.165, 1.54) is 0 Å². The lowest BCUT2D eigenvalue weighted by Crippen LogP contribution is -2.54. The summed E-state index contributed by atoms with van der Waals surface area (Å²) in [6.07, 6.45) is 0.748. The van der Waals surface area contributed by atoms with Crippen LogP contribution in [0.2, 0.25) is 0 Å². The van der Waals surface area contributed by atoms with Crippen LogP contribution in [0.3, 0.4) is 0 Å². The van der Waals surface area contributed by atoms with Gasteiger partial charge in [0.25, 0.3) is 0 Å². The average Bonchev–Trinajstić information content (AvgIpc) is 2.28. The standard InChI is InChI=1S/C14H29NO3S/c1-7-18-13(16)14(5,15-11(2)3)10-12(4)19-9-8-17-6/h11-12,15H,7-10H2,1-6H3. The van der Waals surface area contributed by atoms with Gasteiger partial charge in [0.15, 0.2) is 0 Å². The lowest BCUT2D eigenvalue weighted by molar-refractivity contribution is -0.151. The third-order valence-corrected chi connectivity index (χ3v) is 3.86. The lowest BCUT2D eigenvalue weighted by atomic mass is 9.95. The summed E-state index contributed by atoms with van der Waals surface area (Å²) in [4.78, 5) is 12.1. The van der Waals surface area contributed by atoms with Crippen molar-refractivity contribution in [1.29, 1.82) is 0 Å². The molecule has 0 bridgehead atoms. The Hall–Kier alpha value is -0.260. The van der Waals surface area contributed by atoms with Crippen molar-refractivity contribution < 1.29 is 14.3 Å². The van der Waals surface area contributed by atoms with Crippen LogP contribution in [0.25, 0.3) is 0 Å². The fourth-order valence-electron chi connectivity index (χ4n) is 2.10. The average molecular weight is 291 g/mol. The van der Waals surface area contributed by atoms with Gasteiger partial charge in [-0.1, -0.05) is 6.92 Å². The highest BCUT2D eigenvalue weighted by Gasteiger charge is 2.36. The van der Waals surface area contributed by atoms with Gasteiger partial charge in [0.1, 0.15) is 5.54 Å². The van der Waals surface area contributed by atoms with E-state index in [1.54, 1.807) is 7.11 Å². The molecule has 0 aromatic rings. The fourth-order valence-corrected chi connectivity index (χ4v) is 3.21. The number of hydrogen-bond donors (Lipinski definition) is 1. The summed E-state index contributed by atoms with van der Waals surface area (Å²) in [6.45, 7) is 11.1. The molecule has 5 heteroatoms. The van der Waals surface area contributed by atoms with Gasteiger partial charge in [-0.2, -0.15) is 11.8 Å². The van der Waals surface area contributed by atoms with E-state index in [0.29, 0.717) is 11.9 Å². The Balaban J connectivity index is 4.52. The zero-order valence-corrected chi connectivity index (χ0v) is 13.9. The van der Waals surface area contributed by atoms with E-state index in [2.05, 4.69) is 12.2 Å². The first-order valence-electron chi connectivity index (χ1n) is 6.91. The molecule has 0 rings (SSSR count). The molecule has 0 aliphatic rings. The molecule has 0 saturated carbocycles. The normalized spacial score (nSPS) is 16.2. The molecule has 19 heavy (non-hydrogen) atoms. The maximum Gasteiger partial charge on any atom is 0.326 e. The van der Waals surface area contributed by atoms with Gasteiger partial charge in [-0.05, 0) is 34.1 Å². The summed E-state index contributed by atoms with van der Waals surface area (Å²) < 4.78 is 10.2. The Kier molecular flexibility index (Phi) is 9.48. The summed E-state index contributed by atoms with van der Waals surface area (Å²) in [5.41, 5.74) is -0.621. The van der Waals surface area contributed by atoms with E-state index in [0.717, 1.165) is 18.8 Å². The van der Waals surface area contributed by atoms with E-state index >= 15 is 0 Å². The van der Waals surface area contributed by atoms with Crippen molar-refractivity contribution in [2.45, 2.75) is 57.9 Å². The van der Waals surface area contributed by atoms with Crippen molar-refractivity contribution >= 4 is 17.7 Å². The summed E-state index contributed by atoms with van der Waals surface area (Å²) in [7, 11) is 1.70. The van der Waals surface area contributed by atoms with E-state index in [1.807, 2.05) is 39.5 Å². The minimum atomic E-state index is -0.621. The SMILES string of the molecule is CCOC(=O)C(C)(CC(C)SCCOC)NC(C)C. The molecule has 2 unspecified atom stereocenters. The van der Waals surface area contributed by atoms with Crippen LogP contribution in [-0.4, -0.2) is 48.9 Å². The topological polar surface area (TPSA) is 47.6 Å². The number of hydrogen-bond acceptors (Lipinski definition) is 5. The number of esters is 1. The zero-order chi connectivity index (χ0) is 14.9. The number of methoxy groups -OCH3 is 1. The molecule has 114 valence electrons. The molecule has 0 spiro atoms. The van der Waals surface area contributed by atoms with E-state index in [4.69, 9.17) is 9.47 Å². The quantitative estimate of drug-likeness (QED) is 0.495. The summed E-state index contributed by atoms with van der Waals surface area (Å²) >= 11 is 1.82. The Labute approximate surface area is 122 Å². The van der Waals surface area contributed by atoms with Crippen molar-refractivity contribution in [3.05, 3.63) is 0 Å². The van der Waals surface area contributed by atoms with Gasteiger partial charge >= 0.3 is 5.97 Å². The molecular weight excluding hydrogens is 262 g/mol. The smallest absolute Gasteiger partial charge is 0.326 e. The summed E-state index contributed by atoms with van der Waals surface area (Å²) in [6, 6.07) is 0.241. The monoisotopic (exact) mass is 291 g/mol. The van der Waals surface area contributed by atoms with Crippen LogP contribution in [-0.2, 0) is 14.3 Å². The van der Waals surface area contributed by atoms with Gasteiger partial charge in [0.2, 0.25) is 0 Å². The van der Waals surface area contributed by atoms with Crippen molar-refractivity contribution in [2.24, 2.45) is 0 Å². The molecule has 0 aliphatic carbocycles. The Morgan fingerprint density at radius 1 is 1.37 bits per heavy atom. The molecule has 2 atom stereocenters. The predicted octanol–water partition coefficient (Wildman–Crippen LogP) is 2.46. The van der Waals surface area contributed by atoms with E-state index < -0.39 is 5.54 Å². The molecule has 0 aromatic heterocycles. The highest BCUT2D eigenvalue weighted by atomic mass is 32.2. The fraction of sp³-hybridized carbons (Fsp3) is 0.929. The molecule has 0 heterocycles. The molecule has 0 amide bonds. The van der Waals surface area contributed by atoms with Crippen LogP contribution < -0.4 is 5.32 Å². The van der Waals surface area contributed by atoms with Crippen molar-refractivity contribution in [3.63, 3.8) is 0 Å². The van der Waals surface area contributed by atoms with Gasteiger partial charge < -0.3 is 9.47 Å². The van der Waals surface area contributed by atoms with Crippen LogP contribution in [0.5, 0.6) is 0 Å². The number of carbonyl (C=O) groups excluding carboxylic acids is 1. The first-order valence-corrected chi connectivity index (χ1v) is 7.96. The minimum absolute atomic E-state index is 0.164. The van der Waals surface area contributed by atoms with Crippen LogP contribution >= 0.6 is 11.8 Å². The van der Waals surface area contributed by atoms with Gasteiger partial charge in [0, 0.05) is 24.2 Å². The van der Waals surface area contributed by atoms with Crippen molar-refractivity contribution in [2.75, 3.05) is 26.1 Å². The Morgan fingerprint density at radius 2 is 2.00 bits per heavy atom. The summed E-state index contributed by atoms with van der Waals surface area (Å²) in [5, 5.41) is 3.71. The van der Waals surface area contributed by atoms with Crippen LogP contribution in [0, 0.1) is 0 Å². The molecule has 0 saturated heterocycles. The maximum atomic E-state index is 12.1. The first-order chi connectivity index (χ1) is 8.85. The zero-order valence-electron chi connectivity index (χ0n) is 13.1. The molecule has 0 aliphatic heterocycles. The second-order valence-corrected chi connectivity index (χ2v) is 6.78. The van der Waals surface area contributed by atoms with Crippen molar-refractivity contribution in [1.82, 2.24) is 5.32 Å². The minimum Gasteiger partial charge on any atom is -0.465 e. The van der Waals surface area contributed by atoms with Crippen LogP contribution in [0.1, 0.15) is 41.0 Å². The summed E-state index contributed by atoms with van der Waals surface area (Å²) in [5.74, 6) is 0.779. The van der Waals surface area contributed by atoms with E-state index in [9.17, 15) is 4.79 Å². The van der Waals surface area contributed by atoms with Crippen LogP contribution in [0.4, 0.5) is 0 Å². The number of carbonyl (C=O) groups is 1. The van der Waals surface area contributed by atoms with E-state index in [-0.39, 0.29) is 12.0 Å². The third-order valence-electron chi connectivity index (χ3n) is 2.72. The molecule has 0 fully saturated rings. The molecule has 4 nitrogen and oxygen atoms in total. The first kappa shape index (κ1) is 18.7. The third kappa shape index (κ3) is 7.80. The van der Waals surface area contributed by atoms with Crippen LogP contribution in [0.15, 0.2) is 0 Å². The number of nitrogens with one attached hydrogen (secondary N) is 1. The number of rotatable bonds is 10. The molecule has 0 aromatic carbocycles. The lowest BCUT2D eigenvalue weighted by Gasteiger charge is -2.32. The largest absolute Gasteiger partial charge is 0.465 e. The number of ether oxygens (including phenoxy) is 2. The molecular formula is C14H29NO3S. The Bertz CT molecular complexity index is 261. The molecule has 1 N–H and O–H groups in total.